The third kappa shape index (κ3) is 8.07. The van der Waals surface area contributed by atoms with Gasteiger partial charge in [0.2, 0.25) is 5.91 Å². The number of carbonyl (C=O) groups is 2. The second kappa shape index (κ2) is 13.8. The molecule has 0 bridgehead atoms. The Balaban J connectivity index is 0.00000127. The van der Waals surface area contributed by atoms with E-state index < -0.39 is 5.60 Å². The number of nitrogens with one attached hydrogen (secondary N) is 2. The summed E-state index contributed by atoms with van der Waals surface area (Å²) in [5.74, 6) is -0.0680. The van der Waals surface area contributed by atoms with Gasteiger partial charge in [0.05, 0.1) is 24.0 Å². The van der Waals surface area contributed by atoms with Crippen LogP contribution in [0.1, 0.15) is 44.6 Å². The number of hydrogen-bond donors (Lipinski definition) is 2. The molecule has 0 atom stereocenters. The maximum Gasteiger partial charge on any atom is 0.410 e. The number of allylic oxidation sites excluding steroid dienone is 1. The molecule has 2 N–H and O–H groups in total. The number of hydrogen-bond acceptors (Lipinski definition) is 9. The molecule has 1 aliphatic heterocycles. The Bertz CT molecular complexity index is 1220. The van der Waals surface area contributed by atoms with E-state index in [1.165, 1.54) is 11.3 Å². The summed E-state index contributed by atoms with van der Waals surface area (Å²) in [4.78, 5) is 37.2. The fourth-order valence-electron chi connectivity index (χ4n) is 3.78. The van der Waals surface area contributed by atoms with Crippen LogP contribution in [-0.4, -0.2) is 65.8 Å². The molecule has 0 aliphatic carbocycles. The Morgan fingerprint density at radius 3 is 2.71 bits per heavy atom. The molecule has 3 aromatic rings. The van der Waals surface area contributed by atoms with E-state index in [1.54, 1.807) is 41.8 Å². The van der Waals surface area contributed by atoms with Crippen LogP contribution in [0.3, 0.4) is 0 Å². The van der Waals surface area contributed by atoms with Crippen LogP contribution < -0.4 is 10.6 Å². The highest BCUT2D eigenvalue weighted by Gasteiger charge is 2.31. The summed E-state index contributed by atoms with van der Waals surface area (Å²) in [7, 11) is 1.65. The molecule has 206 valence electrons. The predicted molar refractivity (Wildman–Crippen MR) is 155 cm³/mol. The second-order valence-electron chi connectivity index (χ2n) is 9.67. The molecule has 38 heavy (non-hydrogen) atoms. The number of thiazole rings is 1. The molecule has 0 spiro atoms. The van der Waals surface area contributed by atoms with Crippen molar-refractivity contribution in [2.24, 2.45) is 0 Å². The number of methoxy groups -OCH3 is 1. The molecule has 0 radical (unpaired) electrons. The number of thiophene rings is 1. The van der Waals surface area contributed by atoms with Gasteiger partial charge in [-0.2, -0.15) is 0 Å². The van der Waals surface area contributed by atoms with Crippen molar-refractivity contribution in [3.8, 4) is 10.6 Å². The Hall–Kier alpha value is -2.86. The lowest BCUT2D eigenvalue weighted by atomic mass is 10.0. The van der Waals surface area contributed by atoms with E-state index in [0.717, 1.165) is 36.2 Å². The van der Waals surface area contributed by atoms with Gasteiger partial charge in [-0.1, -0.05) is 6.08 Å². The first kappa shape index (κ1) is 29.7. The van der Waals surface area contributed by atoms with E-state index in [2.05, 4.69) is 22.2 Å². The molecule has 0 saturated carbocycles. The molecule has 0 unspecified atom stereocenters. The molecule has 0 saturated heterocycles. The van der Waals surface area contributed by atoms with Crippen molar-refractivity contribution < 1.29 is 19.1 Å². The topological polar surface area (TPSA) is 106 Å². The standard InChI is InChI=1S/C24H31N5O4S2.C3H6/c1-24(2,3)33-23(31)29-11-7-15-18(14-29)35-22(28-19(30)6-9-25-10-12-32-4)20(15)21-27-16-13-26-8-5-17(16)34-21;1-3-2/h5,8,13,25H,6-7,9-12,14H2,1-4H3,(H,28,30);3H,1H2,2H3. The molecule has 3 aromatic heterocycles. The zero-order valence-corrected chi connectivity index (χ0v) is 24.4. The van der Waals surface area contributed by atoms with Crippen molar-refractivity contribution in [1.82, 2.24) is 20.2 Å². The zero-order chi connectivity index (χ0) is 27.7. The Morgan fingerprint density at radius 2 is 2.03 bits per heavy atom. The first-order valence-corrected chi connectivity index (χ1v) is 14.2. The van der Waals surface area contributed by atoms with Gasteiger partial charge < -0.3 is 25.0 Å². The highest BCUT2D eigenvalue weighted by molar-refractivity contribution is 7.22. The van der Waals surface area contributed by atoms with Gasteiger partial charge in [0.15, 0.2) is 0 Å². The van der Waals surface area contributed by atoms with E-state index in [0.29, 0.717) is 45.6 Å². The monoisotopic (exact) mass is 559 g/mol. The first-order chi connectivity index (χ1) is 18.2. The summed E-state index contributed by atoms with van der Waals surface area (Å²) < 4.78 is 11.6. The third-order valence-electron chi connectivity index (χ3n) is 5.38. The number of nitrogens with zero attached hydrogens (tertiary/aromatic N) is 3. The van der Waals surface area contributed by atoms with Crippen molar-refractivity contribution in [3.05, 3.63) is 41.6 Å². The highest BCUT2D eigenvalue weighted by atomic mass is 32.1. The lowest BCUT2D eigenvalue weighted by Crippen LogP contribution is -2.39. The molecule has 0 fully saturated rings. The molecule has 11 heteroatoms. The van der Waals surface area contributed by atoms with Crippen LogP contribution >= 0.6 is 22.7 Å². The molecule has 4 heterocycles. The van der Waals surface area contributed by atoms with E-state index in [1.807, 2.05) is 33.8 Å². The molecular formula is C27H37N5O4S2. The molecule has 0 aromatic carbocycles. The Morgan fingerprint density at radius 1 is 1.26 bits per heavy atom. The number of anilines is 1. The van der Waals surface area contributed by atoms with Crippen LogP contribution in [0.15, 0.2) is 31.1 Å². The van der Waals surface area contributed by atoms with Crippen LogP contribution in [-0.2, 0) is 27.2 Å². The number of aromatic nitrogens is 2. The van der Waals surface area contributed by atoms with Gasteiger partial charge in [-0.25, -0.2) is 9.78 Å². The SMILES string of the molecule is C=CC.COCCNCCC(=O)Nc1sc2c(c1-c1nc3cnccc3s1)CCN(C(=O)OC(C)(C)C)C2. The number of rotatable bonds is 8. The molecule has 2 amide bonds. The molecule has 1 aliphatic rings. The van der Waals surface area contributed by atoms with Crippen LogP contribution in [0.4, 0.5) is 9.80 Å². The molecule has 4 rings (SSSR count). The zero-order valence-electron chi connectivity index (χ0n) is 22.8. The summed E-state index contributed by atoms with van der Waals surface area (Å²) in [6.45, 7) is 13.7. The summed E-state index contributed by atoms with van der Waals surface area (Å²) in [5.41, 5.74) is 2.37. The van der Waals surface area contributed by atoms with E-state index in [9.17, 15) is 9.59 Å². The van der Waals surface area contributed by atoms with Gasteiger partial charge in [0.25, 0.3) is 0 Å². The summed E-state index contributed by atoms with van der Waals surface area (Å²) in [5, 5.41) is 7.93. The van der Waals surface area contributed by atoms with Gasteiger partial charge in [-0.05, 0) is 45.7 Å². The van der Waals surface area contributed by atoms with E-state index >= 15 is 0 Å². The van der Waals surface area contributed by atoms with E-state index in [4.69, 9.17) is 14.5 Å². The maximum atomic E-state index is 12.8. The summed E-state index contributed by atoms with van der Waals surface area (Å²) >= 11 is 3.09. The minimum Gasteiger partial charge on any atom is -0.444 e. The van der Waals surface area contributed by atoms with Crippen molar-refractivity contribution in [1.29, 1.82) is 0 Å². The smallest absolute Gasteiger partial charge is 0.410 e. The van der Waals surface area contributed by atoms with Crippen LogP contribution in [0.5, 0.6) is 0 Å². The quantitative estimate of drug-likeness (QED) is 0.278. The van der Waals surface area contributed by atoms with Crippen molar-refractivity contribution >= 4 is 49.9 Å². The van der Waals surface area contributed by atoms with Crippen molar-refractivity contribution in [2.75, 3.05) is 38.7 Å². The Labute approximate surface area is 232 Å². The largest absolute Gasteiger partial charge is 0.444 e. The van der Waals surface area contributed by atoms with E-state index in [-0.39, 0.29) is 12.0 Å². The van der Waals surface area contributed by atoms with Crippen LogP contribution in [0, 0.1) is 0 Å². The average molecular weight is 560 g/mol. The normalized spacial score (nSPS) is 12.9. The molecule has 9 nitrogen and oxygen atoms in total. The predicted octanol–water partition coefficient (Wildman–Crippen LogP) is 5.47. The summed E-state index contributed by atoms with van der Waals surface area (Å²) in [6.07, 6.45) is 5.95. The van der Waals surface area contributed by atoms with Gasteiger partial charge in [-0.3, -0.25) is 9.78 Å². The van der Waals surface area contributed by atoms with Crippen molar-refractivity contribution in [2.45, 2.75) is 52.7 Å². The highest BCUT2D eigenvalue weighted by Crippen LogP contribution is 2.45. The lowest BCUT2D eigenvalue weighted by molar-refractivity contribution is -0.116. The summed E-state index contributed by atoms with van der Waals surface area (Å²) in [6, 6.07) is 1.95. The molecular weight excluding hydrogens is 522 g/mol. The minimum absolute atomic E-state index is 0.0680. The number of amides is 2. The van der Waals surface area contributed by atoms with Gasteiger partial charge in [-0.15, -0.1) is 29.3 Å². The maximum absolute atomic E-state index is 12.8. The average Bonchev–Trinajstić information content (AvgIpc) is 3.43. The van der Waals surface area contributed by atoms with Crippen molar-refractivity contribution in [3.63, 3.8) is 0 Å². The third-order valence-corrected chi connectivity index (χ3v) is 7.56. The van der Waals surface area contributed by atoms with Gasteiger partial charge in [0, 0.05) is 49.8 Å². The number of fused-ring (bicyclic) bond motifs is 2. The van der Waals surface area contributed by atoms with Gasteiger partial charge >= 0.3 is 6.09 Å². The second-order valence-corrected chi connectivity index (χ2v) is 11.8. The van der Waals surface area contributed by atoms with Crippen LogP contribution in [0.2, 0.25) is 0 Å². The lowest BCUT2D eigenvalue weighted by Gasteiger charge is -2.30. The Kier molecular flexibility index (Phi) is 10.8. The fraction of sp³-hybridized carbons (Fsp3) is 0.481. The fourth-order valence-corrected chi connectivity index (χ4v) is 6.13. The number of pyridine rings is 1. The van der Waals surface area contributed by atoms with Crippen LogP contribution in [0.25, 0.3) is 20.8 Å². The van der Waals surface area contributed by atoms with Gasteiger partial charge in [0.1, 0.15) is 21.1 Å². The number of ether oxygens (including phenoxy) is 2. The number of carbonyl (C=O) groups excluding carboxylic acids is 2. The first-order valence-electron chi connectivity index (χ1n) is 12.6. The minimum atomic E-state index is -0.552.